The summed E-state index contributed by atoms with van der Waals surface area (Å²) in [5, 5.41) is 18.0. The van der Waals surface area contributed by atoms with E-state index in [1.54, 1.807) is 18.0 Å². The van der Waals surface area contributed by atoms with Crippen molar-refractivity contribution in [1.29, 1.82) is 0 Å². The number of carbonyl (C=O) groups is 1. The lowest BCUT2D eigenvalue weighted by Crippen LogP contribution is -2.13. The van der Waals surface area contributed by atoms with Crippen molar-refractivity contribution in [1.82, 2.24) is 19.8 Å². The van der Waals surface area contributed by atoms with Gasteiger partial charge in [-0.05, 0) is 44.9 Å². The number of benzene rings is 3. The zero-order chi connectivity index (χ0) is 20.7. The van der Waals surface area contributed by atoms with Crippen LogP contribution in [-0.4, -0.2) is 32.8 Å². The Morgan fingerprint density at radius 3 is 2.87 bits per heavy atom. The highest BCUT2D eigenvalue weighted by atomic mass is 79.9. The number of rotatable bonds is 4. The van der Waals surface area contributed by atoms with Crippen LogP contribution in [0.15, 0.2) is 65.4 Å². The topological polar surface area (TPSA) is 81.4 Å². The van der Waals surface area contributed by atoms with Gasteiger partial charge in [-0.1, -0.05) is 47.7 Å². The van der Waals surface area contributed by atoms with Crippen molar-refractivity contribution in [2.75, 3.05) is 12.4 Å². The van der Waals surface area contributed by atoms with Crippen LogP contribution in [0.5, 0.6) is 5.75 Å². The number of methoxy groups -OCH3 is 1. The van der Waals surface area contributed by atoms with E-state index in [-0.39, 0.29) is 5.91 Å². The normalized spacial score (nSPS) is 11.1. The molecule has 1 N–H and O–H groups in total. The average molecular weight is 480 g/mol. The molecule has 0 bridgehead atoms. The summed E-state index contributed by atoms with van der Waals surface area (Å²) < 4.78 is 7.91. The Hall–Kier alpha value is -3.30. The van der Waals surface area contributed by atoms with Gasteiger partial charge in [0.15, 0.2) is 0 Å². The molecule has 3 aromatic carbocycles. The van der Waals surface area contributed by atoms with Gasteiger partial charge in [0.2, 0.25) is 4.96 Å². The van der Waals surface area contributed by atoms with Crippen LogP contribution >= 0.6 is 27.3 Å². The number of halogens is 1. The van der Waals surface area contributed by atoms with Gasteiger partial charge in [0.05, 0.1) is 17.1 Å². The van der Waals surface area contributed by atoms with E-state index in [2.05, 4.69) is 36.5 Å². The summed E-state index contributed by atoms with van der Waals surface area (Å²) in [5.74, 6) is 0.240. The first-order valence-electron chi connectivity index (χ1n) is 8.98. The van der Waals surface area contributed by atoms with Crippen molar-refractivity contribution in [2.45, 2.75) is 0 Å². The minimum absolute atomic E-state index is 0.256. The SMILES string of the molecule is COc1c(C(=O)Nc2cccc(-c3nn4cnnc4s3)c2)cc2ccccc2c1Br. The molecule has 7 nitrogen and oxygen atoms in total. The first-order chi connectivity index (χ1) is 14.6. The van der Waals surface area contributed by atoms with Crippen LogP contribution in [0.4, 0.5) is 5.69 Å². The van der Waals surface area contributed by atoms with Gasteiger partial charge < -0.3 is 10.1 Å². The molecule has 5 aromatic rings. The van der Waals surface area contributed by atoms with Gasteiger partial charge in [0.25, 0.3) is 5.91 Å². The first kappa shape index (κ1) is 18.7. The average Bonchev–Trinajstić information content (AvgIpc) is 3.36. The summed E-state index contributed by atoms with van der Waals surface area (Å²) >= 11 is 5.01. The standard InChI is InChI=1S/C21H14BrN5O2S/c1-29-18-16(10-12-5-2-3-8-15(12)17(18)22)19(28)24-14-7-4-6-13(9-14)20-26-27-11-23-25-21(27)30-20/h2-11H,1H3,(H,24,28). The lowest BCUT2D eigenvalue weighted by molar-refractivity contribution is 0.102. The summed E-state index contributed by atoms with van der Waals surface area (Å²) in [6.07, 6.45) is 1.56. The van der Waals surface area contributed by atoms with Crippen molar-refractivity contribution in [3.63, 3.8) is 0 Å². The van der Waals surface area contributed by atoms with E-state index in [1.165, 1.54) is 11.3 Å². The molecule has 148 valence electrons. The molecule has 9 heteroatoms. The number of carbonyl (C=O) groups excluding carboxylic acids is 1. The number of nitrogens with zero attached hydrogens (tertiary/aromatic N) is 4. The minimum atomic E-state index is -0.256. The van der Waals surface area contributed by atoms with E-state index in [0.717, 1.165) is 25.8 Å². The summed E-state index contributed by atoms with van der Waals surface area (Å²) in [6, 6.07) is 17.2. The Labute approximate surface area is 183 Å². The van der Waals surface area contributed by atoms with Crippen LogP contribution in [0.2, 0.25) is 0 Å². The Kier molecular flexibility index (Phi) is 4.68. The van der Waals surface area contributed by atoms with E-state index in [9.17, 15) is 4.79 Å². The molecule has 0 aliphatic rings. The van der Waals surface area contributed by atoms with Gasteiger partial charge in [-0.15, -0.1) is 10.2 Å². The van der Waals surface area contributed by atoms with Crippen molar-refractivity contribution in [2.24, 2.45) is 0 Å². The lowest BCUT2D eigenvalue weighted by Gasteiger charge is -2.14. The van der Waals surface area contributed by atoms with E-state index in [4.69, 9.17) is 4.74 Å². The number of ether oxygens (including phenoxy) is 1. The molecular weight excluding hydrogens is 466 g/mol. The molecule has 0 aliphatic heterocycles. The molecule has 0 radical (unpaired) electrons. The second kappa shape index (κ2) is 7.51. The largest absolute Gasteiger partial charge is 0.495 e. The Morgan fingerprint density at radius 2 is 2.03 bits per heavy atom. The molecular formula is C21H14BrN5O2S. The highest BCUT2D eigenvalue weighted by Gasteiger charge is 2.18. The number of fused-ring (bicyclic) bond motifs is 2. The molecule has 2 aromatic heterocycles. The van der Waals surface area contributed by atoms with Crippen LogP contribution in [0.1, 0.15) is 10.4 Å². The Bertz CT molecular complexity index is 1380. The number of hydrogen-bond donors (Lipinski definition) is 1. The summed E-state index contributed by atoms with van der Waals surface area (Å²) in [5.41, 5.74) is 2.00. The van der Waals surface area contributed by atoms with Gasteiger partial charge >= 0.3 is 0 Å². The molecule has 5 rings (SSSR count). The van der Waals surface area contributed by atoms with Crippen molar-refractivity contribution in [3.8, 4) is 16.3 Å². The Balaban J connectivity index is 1.49. The maximum absolute atomic E-state index is 13.1. The molecule has 0 saturated carbocycles. The summed E-state index contributed by atoms with van der Waals surface area (Å²) in [4.78, 5) is 13.8. The zero-order valence-corrected chi connectivity index (χ0v) is 18.1. The third-order valence-corrected chi connectivity index (χ3v) is 6.39. The van der Waals surface area contributed by atoms with Crippen molar-refractivity contribution >= 4 is 54.6 Å². The number of nitrogens with one attached hydrogen (secondary N) is 1. The molecule has 2 heterocycles. The van der Waals surface area contributed by atoms with Crippen LogP contribution in [0.25, 0.3) is 26.3 Å². The first-order valence-corrected chi connectivity index (χ1v) is 10.6. The van der Waals surface area contributed by atoms with Crippen LogP contribution < -0.4 is 10.1 Å². The second-order valence-electron chi connectivity index (χ2n) is 6.49. The fourth-order valence-electron chi connectivity index (χ4n) is 3.26. The number of hydrogen-bond acceptors (Lipinski definition) is 6. The summed E-state index contributed by atoms with van der Waals surface area (Å²) in [6.45, 7) is 0. The number of anilines is 1. The monoisotopic (exact) mass is 479 g/mol. The van der Waals surface area contributed by atoms with Crippen LogP contribution in [0.3, 0.4) is 0 Å². The van der Waals surface area contributed by atoms with E-state index in [1.807, 2.05) is 54.6 Å². The Morgan fingerprint density at radius 1 is 1.17 bits per heavy atom. The zero-order valence-electron chi connectivity index (χ0n) is 15.7. The quantitative estimate of drug-likeness (QED) is 0.390. The van der Waals surface area contributed by atoms with E-state index < -0.39 is 0 Å². The van der Waals surface area contributed by atoms with Gasteiger partial charge in [-0.3, -0.25) is 4.79 Å². The van der Waals surface area contributed by atoms with Crippen molar-refractivity contribution in [3.05, 3.63) is 71.0 Å². The predicted octanol–water partition coefficient (Wildman–Crippen LogP) is 5.03. The molecule has 0 saturated heterocycles. The fraction of sp³-hybridized carbons (Fsp3) is 0.0476. The molecule has 30 heavy (non-hydrogen) atoms. The fourth-order valence-corrected chi connectivity index (χ4v) is 4.81. The van der Waals surface area contributed by atoms with Gasteiger partial charge in [0, 0.05) is 11.3 Å². The molecule has 1 amide bonds. The molecule has 0 aliphatic carbocycles. The summed E-state index contributed by atoms with van der Waals surface area (Å²) in [7, 11) is 1.56. The molecule has 0 unspecified atom stereocenters. The predicted molar refractivity (Wildman–Crippen MR) is 120 cm³/mol. The maximum Gasteiger partial charge on any atom is 0.259 e. The lowest BCUT2D eigenvalue weighted by atomic mass is 10.0. The maximum atomic E-state index is 13.1. The smallest absolute Gasteiger partial charge is 0.259 e. The van der Waals surface area contributed by atoms with Gasteiger partial charge in [0.1, 0.15) is 17.1 Å². The number of aromatic nitrogens is 4. The van der Waals surface area contributed by atoms with Gasteiger partial charge in [-0.2, -0.15) is 9.61 Å². The highest BCUT2D eigenvalue weighted by Crippen LogP contribution is 2.37. The molecule has 0 atom stereocenters. The van der Waals surface area contributed by atoms with Crippen LogP contribution in [-0.2, 0) is 0 Å². The second-order valence-corrected chi connectivity index (χ2v) is 8.24. The third kappa shape index (κ3) is 3.21. The number of amides is 1. The van der Waals surface area contributed by atoms with Gasteiger partial charge in [-0.25, -0.2) is 0 Å². The van der Waals surface area contributed by atoms with Crippen LogP contribution in [0, 0.1) is 0 Å². The minimum Gasteiger partial charge on any atom is -0.495 e. The molecule has 0 spiro atoms. The van der Waals surface area contributed by atoms with E-state index in [0.29, 0.717) is 22.0 Å². The van der Waals surface area contributed by atoms with E-state index >= 15 is 0 Å². The highest BCUT2D eigenvalue weighted by molar-refractivity contribution is 9.10. The molecule has 0 fully saturated rings. The van der Waals surface area contributed by atoms with Crippen molar-refractivity contribution < 1.29 is 9.53 Å². The third-order valence-electron chi connectivity index (χ3n) is 4.64.